The van der Waals surface area contributed by atoms with Crippen LogP contribution in [-0.4, -0.2) is 20.7 Å². The second-order valence-electron chi connectivity index (χ2n) is 11.8. The fourth-order valence-corrected chi connectivity index (χ4v) is 5.90. The molecule has 3 nitrogen and oxygen atoms in total. The molecule has 0 atom stereocenters. The minimum Gasteiger partial charge on any atom is -0.455 e. The van der Waals surface area contributed by atoms with Crippen molar-refractivity contribution in [3.05, 3.63) is 101 Å². The molecule has 2 aromatic heterocycles. The van der Waals surface area contributed by atoms with Crippen LogP contribution in [-0.2, 0) is 5.41 Å². The molecule has 0 amide bonds. The molecule has 6 rings (SSSR count). The molecule has 41 heavy (non-hydrogen) atoms. The first-order valence-electron chi connectivity index (χ1n) is 13.8. The summed E-state index contributed by atoms with van der Waals surface area (Å²) in [5, 5.41) is 11.9. The Morgan fingerprint density at radius 3 is 2.05 bits per heavy atom. The number of halogens is 1. The van der Waals surface area contributed by atoms with Crippen LogP contribution in [0.1, 0.15) is 37.5 Å². The second-order valence-corrected chi connectivity index (χ2v) is 11.8. The number of furan rings is 1. The van der Waals surface area contributed by atoms with Gasteiger partial charge in [0.25, 0.3) is 0 Å². The normalized spacial score (nSPS) is 11.7. The van der Waals surface area contributed by atoms with Crippen LogP contribution in [0.2, 0.25) is 0 Å². The number of para-hydroxylation sites is 1. The fourth-order valence-electron chi connectivity index (χ4n) is 5.90. The number of hydrogen-bond acceptors (Lipinski definition) is 3. The highest BCUT2D eigenvalue weighted by Crippen LogP contribution is 2.41. The van der Waals surface area contributed by atoms with Gasteiger partial charge in [-0.2, -0.15) is 5.26 Å². The summed E-state index contributed by atoms with van der Waals surface area (Å²) in [5.74, 6) is -0.228. The van der Waals surface area contributed by atoms with Gasteiger partial charge in [-0.05, 0) is 52.7 Å². The van der Waals surface area contributed by atoms with Gasteiger partial charge in [-0.3, -0.25) is 4.98 Å². The maximum Gasteiger partial charge on any atom is 0.164 e. The van der Waals surface area contributed by atoms with Crippen LogP contribution in [0.15, 0.2) is 83.3 Å². The highest BCUT2D eigenvalue weighted by atomic mass is 19.1. The lowest BCUT2D eigenvalue weighted by molar-refractivity contribution is 0.529. The Labute approximate surface area is 241 Å². The van der Waals surface area contributed by atoms with Crippen molar-refractivity contribution in [2.45, 2.75) is 33.1 Å². The van der Waals surface area contributed by atoms with Crippen molar-refractivity contribution in [3.63, 3.8) is 0 Å². The standard InChI is InChI=1S/C35H29B2FN2O/c1-19-8-10-20(11-9-19)21-12-14-22(15-13-21)27-23(18-39)16-17-25-24-6-5-7-26(32(24)41-33(25)27)31-29(36)30(38)28(34(37)40-31)35(2,3)4/h5-17H,36-37H2,1-4H3. The molecule has 0 spiro atoms. The van der Waals surface area contributed by atoms with Gasteiger partial charge >= 0.3 is 0 Å². The minimum atomic E-state index is -0.368. The van der Waals surface area contributed by atoms with E-state index in [2.05, 4.69) is 49.4 Å². The lowest BCUT2D eigenvalue weighted by Gasteiger charge is -2.24. The number of rotatable bonds is 3. The van der Waals surface area contributed by atoms with Crippen LogP contribution in [0.3, 0.4) is 0 Å². The molecule has 6 aromatic rings. The van der Waals surface area contributed by atoms with Gasteiger partial charge in [0.15, 0.2) is 7.85 Å². The fraction of sp³-hybridized carbons (Fsp3) is 0.143. The van der Waals surface area contributed by atoms with Crippen molar-refractivity contribution >= 4 is 48.7 Å². The van der Waals surface area contributed by atoms with Gasteiger partial charge < -0.3 is 4.42 Å². The van der Waals surface area contributed by atoms with E-state index in [1.165, 1.54) is 5.56 Å². The minimum absolute atomic E-state index is 0.228. The summed E-state index contributed by atoms with van der Waals surface area (Å²) in [6.45, 7) is 8.08. The third-order valence-electron chi connectivity index (χ3n) is 7.90. The number of fused-ring (bicyclic) bond motifs is 3. The van der Waals surface area contributed by atoms with Gasteiger partial charge in [0.05, 0.1) is 17.3 Å². The number of benzene rings is 4. The molecule has 0 N–H and O–H groups in total. The SMILES string of the molecule is Bc1nc(-c2cccc3c2oc2c(-c4ccc(-c5ccc(C)cc5)cc4)c(C#N)ccc23)c(B)c(F)c1C(C)(C)C. The van der Waals surface area contributed by atoms with Crippen LogP contribution in [0.4, 0.5) is 4.39 Å². The topological polar surface area (TPSA) is 49.8 Å². The molecule has 0 aliphatic rings. The molecule has 0 aliphatic heterocycles. The van der Waals surface area contributed by atoms with Crippen LogP contribution in [0.5, 0.6) is 0 Å². The van der Waals surface area contributed by atoms with E-state index >= 15 is 4.39 Å². The lowest BCUT2D eigenvalue weighted by atomic mass is 9.76. The van der Waals surface area contributed by atoms with Crippen molar-refractivity contribution in [1.82, 2.24) is 4.98 Å². The van der Waals surface area contributed by atoms with Crippen molar-refractivity contribution in [2.24, 2.45) is 0 Å². The third-order valence-corrected chi connectivity index (χ3v) is 7.90. The van der Waals surface area contributed by atoms with E-state index in [1.807, 2.05) is 71.1 Å². The monoisotopic (exact) mass is 534 g/mol. The van der Waals surface area contributed by atoms with Crippen LogP contribution in [0, 0.1) is 24.1 Å². The van der Waals surface area contributed by atoms with E-state index in [0.717, 1.165) is 38.6 Å². The highest BCUT2D eigenvalue weighted by Gasteiger charge is 2.26. The predicted molar refractivity (Wildman–Crippen MR) is 172 cm³/mol. The summed E-state index contributed by atoms with van der Waals surface area (Å²) in [4.78, 5) is 4.90. The number of aryl methyl sites for hydroxylation is 1. The molecule has 0 aliphatic carbocycles. The Morgan fingerprint density at radius 1 is 0.805 bits per heavy atom. The summed E-state index contributed by atoms with van der Waals surface area (Å²) in [7, 11) is 3.64. The van der Waals surface area contributed by atoms with Crippen molar-refractivity contribution < 1.29 is 8.81 Å². The quantitative estimate of drug-likeness (QED) is 0.258. The molecule has 0 radical (unpaired) electrons. The molecule has 0 bridgehead atoms. The van der Waals surface area contributed by atoms with Crippen molar-refractivity contribution in [3.8, 4) is 39.6 Å². The Balaban J connectivity index is 1.56. The summed E-state index contributed by atoms with van der Waals surface area (Å²) in [6, 6.07) is 28.7. The molecule has 0 unspecified atom stereocenters. The molecular weight excluding hydrogens is 505 g/mol. The summed E-state index contributed by atoms with van der Waals surface area (Å²) < 4.78 is 22.4. The Kier molecular flexibility index (Phi) is 6.35. The first-order chi connectivity index (χ1) is 19.6. The number of hydrogen-bond donors (Lipinski definition) is 0. The zero-order valence-electron chi connectivity index (χ0n) is 24.2. The zero-order chi connectivity index (χ0) is 29.1. The highest BCUT2D eigenvalue weighted by molar-refractivity contribution is 6.38. The third kappa shape index (κ3) is 4.43. The van der Waals surface area contributed by atoms with E-state index in [4.69, 9.17) is 9.40 Å². The van der Waals surface area contributed by atoms with Crippen LogP contribution < -0.4 is 11.1 Å². The Hall–Kier alpha value is -4.62. The molecule has 6 heteroatoms. The number of nitrogens with zero attached hydrogens (tertiary/aromatic N) is 2. The molecule has 2 heterocycles. The van der Waals surface area contributed by atoms with E-state index in [9.17, 15) is 5.26 Å². The molecule has 198 valence electrons. The Bertz CT molecular complexity index is 2010. The lowest BCUT2D eigenvalue weighted by Crippen LogP contribution is -2.34. The number of pyridine rings is 1. The number of aromatic nitrogens is 1. The maximum atomic E-state index is 15.8. The van der Waals surface area contributed by atoms with Crippen molar-refractivity contribution in [2.75, 3.05) is 0 Å². The largest absolute Gasteiger partial charge is 0.455 e. The average molecular weight is 534 g/mol. The Morgan fingerprint density at radius 2 is 1.41 bits per heavy atom. The van der Waals surface area contributed by atoms with Gasteiger partial charge in [-0.1, -0.05) is 87.0 Å². The number of nitriles is 1. The summed E-state index contributed by atoms with van der Waals surface area (Å²) >= 11 is 0. The summed E-state index contributed by atoms with van der Waals surface area (Å²) in [6.07, 6.45) is 0. The van der Waals surface area contributed by atoms with E-state index < -0.39 is 0 Å². The van der Waals surface area contributed by atoms with E-state index in [0.29, 0.717) is 39.0 Å². The molecular formula is C35H29B2FN2O. The molecule has 0 fully saturated rings. The maximum absolute atomic E-state index is 15.8. The van der Waals surface area contributed by atoms with Gasteiger partial charge in [0.2, 0.25) is 0 Å². The van der Waals surface area contributed by atoms with E-state index in [-0.39, 0.29) is 11.2 Å². The van der Waals surface area contributed by atoms with Crippen LogP contribution in [0.25, 0.3) is 55.4 Å². The molecule has 4 aromatic carbocycles. The molecule has 0 saturated heterocycles. The van der Waals surface area contributed by atoms with Crippen molar-refractivity contribution in [1.29, 1.82) is 5.26 Å². The second kappa shape index (κ2) is 9.78. The van der Waals surface area contributed by atoms with Gasteiger partial charge in [0.1, 0.15) is 24.8 Å². The van der Waals surface area contributed by atoms with Gasteiger partial charge in [0, 0.05) is 33.1 Å². The van der Waals surface area contributed by atoms with Gasteiger partial charge in [-0.25, -0.2) is 4.39 Å². The first kappa shape index (κ1) is 26.6. The first-order valence-corrected chi connectivity index (χ1v) is 13.8. The smallest absolute Gasteiger partial charge is 0.164 e. The summed E-state index contributed by atoms with van der Waals surface area (Å²) in [5.41, 5.74) is 9.64. The predicted octanol–water partition coefficient (Wildman–Crippen LogP) is 6.12. The average Bonchev–Trinajstić information content (AvgIpc) is 3.33. The zero-order valence-corrected chi connectivity index (χ0v) is 24.2. The van der Waals surface area contributed by atoms with Gasteiger partial charge in [-0.15, -0.1) is 0 Å². The van der Waals surface area contributed by atoms with E-state index in [1.54, 1.807) is 7.85 Å². The molecule has 0 saturated carbocycles. The van der Waals surface area contributed by atoms with Crippen LogP contribution >= 0.6 is 0 Å².